The summed E-state index contributed by atoms with van der Waals surface area (Å²) in [5, 5.41) is 14.6. The number of nitrogens with zero attached hydrogens (tertiary/aromatic N) is 5. The van der Waals surface area contributed by atoms with Gasteiger partial charge in [0.1, 0.15) is 5.82 Å². The van der Waals surface area contributed by atoms with Crippen LogP contribution in [0.5, 0.6) is 0 Å². The molecule has 1 aliphatic rings. The molecule has 140 valence electrons. The second-order valence-corrected chi connectivity index (χ2v) is 6.94. The van der Waals surface area contributed by atoms with Gasteiger partial charge in [-0.15, -0.1) is 0 Å². The highest BCUT2D eigenvalue weighted by Gasteiger charge is 2.26. The Hall–Kier alpha value is -3.16. The van der Waals surface area contributed by atoms with Crippen LogP contribution in [0, 0.1) is 6.92 Å². The summed E-state index contributed by atoms with van der Waals surface area (Å²) in [6.07, 6.45) is 3.60. The number of aromatic nitrogens is 5. The Morgan fingerprint density at radius 3 is 2.63 bits per heavy atom. The molecule has 1 saturated heterocycles. The number of rotatable bonds is 3. The van der Waals surface area contributed by atoms with Gasteiger partial charge < -0.3 is 4.90 Å². The summed E-state index contributed by atoms with van der Waals surface area (Å²) in [6, 6.07) is 9.83. The van der Waals surface area contributed by atoms with E-state index in [2.05, 4.69) is 25.6 Å². The van der Waals surface area contributed by atoms with E-state index in [0.29, 0.717) is 18.9 Å². The standard InChI is InChI=1S/C19H23N7O/c1-13-12-25(2)24-16(13)21-19(27)26-10-8-15(9-11-26)18-20-17(22-23-18)14-6-4-3-5-7-14/h3-7,12,15H,8-11H2,1-2H3,(H,20,22,23)(H,21,24,27). The van der Waals surface area contributed by atoms with Gasteiger partial charge in [0.15, 0.2) is 11.6 Å². The quantitative estimate of drug-likeness (QED) is 0.746. The van der Waals surface area contributed by atoms with Crippen LogP contribution in [0.4, 0.5) is 10.6 Å². The summed E-state index contributed by atoms with van der Waals surface area (Å²) in [5.74, 6) is 2.52. The summed E-state index contributed by atoms with van der Waals surface area (Å²) in [4.78, 5) is 19.0. The molecule has 2 N–H and O–H groups in total. The van der Waals surface area contributed by atoms with Crippen molar-refractivity contribution in [3.8, 4) is 11.4 Å². The predicted octanol–water partition coefficient (Wildman–Crippen LogP) is 2.93. The van der Waals surface area contributed by atoms with Gasteiger partial charge in [-0.1, -0.05) is 30.3 Å². The maximum atomic E-state index is 12.5. The first-order chi connectivity index (χ1) is 13.1. The summed E-state index contributed by atoms with van der Waals surface area (Å²) >= 11 is 0. The Labute approximate surface area is 157 Å². The van der Waals surface area contributed by atoms with Crippen LogP contribution < -0.4 is 5.32 Å². The van der Waals surface area contributed by atoms with Crippen LogP contribution in [0.15, 0.2) is 36.5 Å². The van der Waals surface area contributed by atoms with Gasteiger partial charge in [-0.05, 0) is 19.8 Å². The minimum absolute atomic E-state index is 0.0993. The van der Waals surface area contributed by atoms with Crippen molar-refractivity contribution in [2.24, 2.45) is 7.05 Å². The van der Waals surface area contributed by atoms with E-state index < -0.39 is 0 Å². The zero-order valence-corrected chi connectivity index (χ0v) is 15.5. The Morgan fingerprint density at radius 2 is 1.96 bits per heavy atom. The zero-order valence-electron chi connectivity index (χ0n) is 15.5. The lowest BCUT2D eigenvalue weighted by molar-refractivity contribution is 0.193. The number of likely N-dealkylation sites (tertiary alicyclic amines) is 1. The number of carbonyl (C=O) groups is 1. The number of aryl methyl sites for hydroxylation is 2. The average molecular weight is 365 g/mol. The number of piperidine rings is 1. The predicted molar refractivity (Wildman–Crippen MR) is 102 cm³/mol. The molecule has 0 unspecified atom stereocenters. The monoisotopic (exact) mass is 365 g/mol. The van der Waals surface area contributed by atoms with Gasteiger partial charge in [0.2, 0.25) is 0 Å². The van der Waals surface area contributed by atoms with E-state index >= 15 is 0 Å². The third kappa shape index (κ3) is 3.69. The highest BCUT2D eigenvalue weighted by molar-refractivity contribution is 5.89. The molecule has 8 heteroatoms. The molecule has 0 saturated carbocycles. The maximum Gasteiger partial charge on any atom is 0.323 e. The number of anilines is 1. The molecule has 0 atom stereocenters. The number of hydrogen-bond donors (Lipinski definition) is 2. The van der Waals surface area contributed by atoms with E-state index in [1.54, 1.807) is 4.68 Å². The molecule has 2 aromatic heterocycles. The molecule has 1 fully saturated rings. The van der Waals surface area contributed by atoms with E-state index in [9.17, 15) is 4.79 Å². The van der Waals surface area contributed by atoms with Crippen LogP contribution in [-0.2, 0) is 7.05 Å². The second-order valence-electron chi connectivity index (χ2n) is 6.94. The number of carbonyl (C=O) groups excluding carboxylic acids is 1. The van der Waals surface area contributed by atoms with Gasteiger partial charge in [-0.2, -0.15) is 10.2 Å². The highest BCUT2D eigenvalue weighted by Crippen LogP contribution is 2.27. The molecule has 3 aromatic rings. The normalized spacial score (nSPS) is 15.1. The van der Waals surface area contributed by atoms with Crippen LogP contribution in [-0.4, -0.2) is 49.0 Å². The summed E-state index contributed by atoms with van der Waals surface area (Å²) < 4.78 is 1.70. The smallest absolute Gasteiger partial charge is 0.323 e. The van der Waals surface area contributed by atoms with Crippen molar-refractivity contribution in [2.75, 3.05) is 18.4 Å². The molecular weight excluding hydrogens is 342 g/mol. The number of urea groups is 1. The number of hydrogen-bond acceptors (Lipinski definition) is 4. The molecule has 0 bridgehead atoms. The molecule has 2 amide bonds. The highest BCUT2D eigenvalue weighted by atomic mass is 16.2. The van der Waals surface area contributed by atoms with Crippen molar-refractivity contribution in [2.45, 2.75) is 25.7 Å². The van der Waals surface area contributed by atoms with Gasteiger partial charge in [-0.3, -0.25) is 15.1 Å². The Kier molecular flexibility index (Phi) is 4.62. The number of nitrogens with one attached hydrogen (secondary N) is 2. The second kappa shape index (κ2) is 7.22. The zero-order chi connectivity index (χ0) is 18.8. The fourth-order valence-corrected chi connectivity index (χ4v) is 3.44. The van der Waals surface area contributed by atoms with Crippen molar-refractivity contribution in [3.05, 3.63) is 47.9 Å². The third-order valence-corrected chi connectivity index (χ3v) is 4.94. The largest absolute Gasteiger partial charge is 0.324 e. The average Bonchev–Trinajstić information content (AvgIpc) is 3.29. The lowest BCUT2D eigenvalue weighted by Gasteiger charge is -2.30. The van der Waals surface area contributed by atoms with Crippen molar-refractivity contribution >= 4 is 11.8 Å². The van der Waals surface area contributed by atoms with Crippen LogP contribution in [0.1, 0.15) is 30.1 Å². The van der Waals surface area contributed by atoms with Crippen molar-refractivity contribution in [1.29, 1.82) is 0 Å². The van der Waals surface area contributed by atoms with Gasteiger partial charge in [-0.25, -0.2) is 9.78 Å². The lowest BCUT2D eigenvalue weighted by atomic mass is 9.96. The van der Waals surface area contributed by atoms with Crippen LogP contribution in [0.3, 0.4) is 0 Å². The van der Waals surface area contributed by atoms with Crippen molar-refractivity contribution in [3.63, 3.8) is 0 Å². The van der Waals surface area contributed by atoms with E-state index in [-0.39, 0.29) is 11.9 Å². The summed E-state index contributed by atoms with van der Waals surface area (Å²) in [5.41, 5.74) is 1.96. The minimum Gasteiger partial charge on any atom is -0.324 e. The Bertz CT molecular complexity index is 923. The minimum atomic E-state index is -0.0993. The first-order valence-corrected chi connectivity index (χ1v) is 9.14. The topological polar surface area (TPSA) is 91.7 Å². The Morgan fingerprint density at radius 1 is 1.22 bits per heavy atom. The Balaban J connectivity index is 1.36. The third-order valence-electron chi connectivity index (χ3n) is 4.94. The van der Waals surface area contributed by atoms with Crippen LogP contribution >= 0.6 is 0 Å². The first-order valence-electron chi connectivity index (χ1n) is 9.14. The number of aromatic amines is 1. The molecular formula is C19H23N7O. The number of H-pyrrole nitrogens is 1. The van der Waals surface area contributed by atoms with E-state index in [1.165, 1.54) is 0 Å². The van der Waals surface area contributed by atoms with Gasteiger partial charge in [0.25, 0.3) is 0 Å². The number of benzene rings is 1. The van der Waals surface area contributed by atoms with E-state index in [0.717, 1.165) is 35.6 Å². The molecule has 27 heavy (non-hydrogen) atoms. The maximum absolute atomic E-state index is 12.5. The SMILES string of the molecule is Cc1cn(C)nc1NC(=O)N1CCC(c2nc(-c3ccccc3)n[nH]2)CC1. The molecule has 3 heterocycles. The van der Waals surface area contributed by atoms with E-state index in [4.69, 9.17) is 0 Å². The summed E-state index contributed by atoms with van der Waals surface area (Å²) in [6.45, 7) is 3.30. The first kappa shape index (κ1) is 17.3. The fourth-order valence-electron chi connectivity index (χ4n) is 3.44. The molecule has 8 nitrogen and oxygen atoms in total. The van der Waals surface area contributed by atoms with Crippen molar-refractivity contribution in [1.82, 2.24) is 29.9 Å². The van der Waals surface area contributed by atoms with Crippen LogP contribution in [0.25, 0.3) is 11.4 Å². The van der Waals surface area contributed by atoms with Crippen molar-refractivity contribution < 1.29 is 4.79 Å². The van der Waals surface area contributed by atoms with E-state index in [1.807, 2.05) is 55.4 Å². The lowest BCUT2D eigenvalue weighted by Crippen LogP contribution is -2.40. The molecule has 0 spiro atoms. The van der Waals surface area contributed by atoms with Gasteiger partial charge in [0, 0.05) is 43.4 Å². The van der Waals surface area contributed by atoms with Gasteiger partial charge in [0.05, 0.1) is 0 Å². The van der Waals surface area contributed by atoms with Gasteiger partial charge >= 0.3 is 6.03 Å². The summed E-state index contributed by atoms with van der Waals surface area (Å²) in [7, 11) is 1.84. The number of amides is 2. The molecule has 0 aliphatic carbocycles. The fraction of sp³-hybridized carbons (Fsp3) is 0.368. The molecule has 1 aliphatic heterocycles. The molecule has 1 aromatic carbocycles. The molecule has 4 rings (SSSR count). The van der Waals surface area contributed by atoms with Crippen LogP contribution in [0.2, 0.25) is 0 Å². The molecule has 0 radical (unpaired) electrons.